The SMILES string of the molecule is CNc1ccc(C)c(-n2cc(-c3cnc4[nH]ccc4c3)cn2)c1. The number of pyridine rings is 1. The van der Waals surface area contributed by atoms with Gasteiger partial charge in [-0.3, -0.25) is 0 Å². The zero-order valence-corrected chi connectivity index (χ0v) is 13.0. The van der Waals surface area contributed by atoms with Crippen LogP contribution in [-0.4, -0.2) is 26.8 Å². The maximum absolute atomic E-state index is 4.52. The van der Waals surface area contributed by atoms with E-state index in [1.165, 1.54) is 5.56 Å². The molecule has 0 radical (unpaired) electrons. The highest BCUT2D eigenvalue weighted by molar-refractivity contribution is 5.81. The average molecular weight is 303 g/mol. The van der Waals surface area contributed by atoms with E-state index in [0.29, 0.717) is 0 Å². The smallest absolute Gasteiger partial charge is 0.137 e. The fourth-order valence-electron chi connectivity index (χ4n) is 2.71. The van der Waals surface area contributed by atoms with Gasteiger partial charge in [0.1, 0.15) is 5.65 Å². The maximum atomic E-state index is 4.52. The summed E-state index contributed by atoms with van der Waals surface area (Å²) in [7, 11) is 1.92. The van der Waals surface area contributed by atoms with Crippen LogP contribution in [0.15, 0.2) is 55.1 Å². The molecule has 5 heteroatoms. The normalized spacial score (nSPS) is 11.0. The van der Waals surface area contributed by atoms with Gasteiger partial charge in [-0.15, -0.1) is 0 Å². The van der Waals surface area contributed by atoms with E-state index < -0.39 is 0 Å². The van der Waals surface area contributed by atoms with Gasteiger partial charge >= 0.3 is 0 Å². The molecular formula is C18H17N5. The lowest BCUT2D eigenvalue weighted by atomic mass is 10.1. The molecule has 0 aliphatic rings. The summed E-state index contributed by atoms with van der Waals surface area (Å²) in [5, 5.41) is 8.79. The van der Waals surface area contributed by atoms with Gasteiger partial charge in [0, 0.05) is 47.8 Å². The van der Waals surface area contributed by atoms with Crippen LogP contribution in [0.1, 0.15) is 5.56 Å². The van der Waals surface area contributed by atoms with Crippen LogP contribution in [0, 0.1) is 6.92 Å². The molecule has 0 fully saturated rings. The molecule has 5 nitrogen and oxygen atoms in total. The van der Waals surface area contributed by atoms with Gasteiger partial charge in [0.2, 0.25) is 0 Å². The minimum atomic E-state index is 0.902. The van der Waals surface area contributed by atoms with Crippen molar-refractivity contribution in [1.29, 1.82) is 0 Å². The fraction of sp³-hybridized carbons (Fsp3) is 0.111. The molecular weight excluding hydrogens is 286 g/mol. The Morgan fingerprint density at radius 3 is 2.87 bits per heavy atom. The lowest BCUT2D eigenvalue weighted by Gasteiger charge is -2.08. The average Bonchev–Trinajstić information content (AvgIpc) is 3.23. The monoisotopic (exact) mass is 303 g/mol. The molecule has 0 aliphatic heterocycles. The van der Waals surface area contributed by atoms with E-state index in [0.717, 1.165) is 33.5 Å². The first kappa shape index (κ1) is 13.6. The number of aryl methyl sites for hydroxylation is 1. The molecule has 0 atom stereocenters. The van der Waals surface area contributed by atoms with Crippen LogP contribution in [0.3, 0.4) is 0 Å². The highest BCUT2D eigenvalue weighted by Gasteiger charge is 2.08. The van der Waals surface area contributed by atoms with E-state index in [1.807, 2.05) is 42.6 Å². The van der Waals surface area contributed by atoms with Gasteiger partial charge in [-0.05, 0) is 36.8 Å². The molecule has 1 aromatic carbocycles. The third-order valence-corrected chi connectivity index (χ3v) is 4.06. The van der Waals surface area contributed by atoms with Crippen molar-refractivity contribution in [2.75, 3.05) is 12.4 Å². The molecule has 114 valence electrons. The number of fused-ring (bicyclic) bond motifs is 1. The molecule has 3 aromatic heterocycles. The van der Waals surface area contributed by atoms with Crippen molar-refractivity contribution in [3.63, 3.8) is 0 Å². The summed E-state index contributed by atoms with van der Waals surface area (Å²) in [6.45, 7) is 2.09. The van der Waals surface area contributed by atoms with Crippen molar-refractivity contribution in [3.8, 4) is 16.8 Å². The lowest BCUT2D eigenvalue weighted by Crippen LogP contribution is -1.99. The zero-order chi connectivity index (χ0) is 15.8. The molecule has 0 saturated heterocycles. The van der Waals surface area contributed by atoms with Crippen LogP contribution < -0.4 is 5.32 Å². The highest BCUT2D eigenvalue weighted by Crippen LogP contribution is 2.24. The van der Waals surface area contributed by atoms with E-state index >= 15 is 0 Å². The van der Waals surface area contributed by atoms with Gasteiger partial charge in [0.15, 0.2) is 0 Å². The summed E-state index contributed by atoms with van der Waals surface area (Å²) in [6, 6.07) is 10.4. The molecule has 0 aliphatic carbocycles. The Balaban J connectivity index is 1.76. The van der Waals surface area contributed by atoms with Crippen LogP contribution in [0.25, 0.3) is 27.8 Å². The number of H-pyrrole nitrogens is 1. The summed E-state index contributed by atoms with van der Waals surface area (Å²) < 4.78 is 1.91. The molecule has 4 rings (SSSR count). The van der Waals surface area contributed by atoms with Gasteiger partial charge in [0.05, 0.1) is 11.9 Å². The second kappa shape index (κ2) is 5.28. The molecule has 0 spiro atoms. The molecule has 23 heavy (non-hydrogen) atoms. The predicted octanol–water partition coefficient (Wildman–Crippen LogP) is 3.77. The fourth-order valence-corrected chi connectivity index (χ4v) is 2.71. The maximum Gasteiger partial charge on any atom is 0.137 e. The van der Waals surface area contributed by atoms with Gasteiger partial charge in [-0.2, -0.15) is 5.10 Å². The molecule has 0 amide bonds. The van der Waals surface area contributed by atoms with Crippen molar-refractivity contribution in [2.45, 2.75) is 6.92 Å². The van der Waals surface area contributed by atoms with Gasteiger partial charge in [-0.1, -0.05) is 6.07 Å². The van der Waals surface area contributed by atoms with Crippen molar-refractivity contribution in [2.24, 2.45) is 0 Å². The minimum absolute atomic E-state index is 0.902. The van der Waals surface area contributed by atoms with Gasteiger partial charge < -0.3 is 10.3 Å². The number of aromatic nitrogens is 4. The van der Waals surface area contributed by atoms with E-state index in [-0.39, 0.29) is 0 Å². The van der Waals surface area contributed by atoms with Gasteiger partial charge in [0.25, 0.3) is 0 Å². The zero-order valence-electron chi connectivity index (χ0n) is 13.0. The Morgan fingerprint density at radius 1 is 1.09 bits per heavy atom. The molecule has 0 unspecified atom stereocenters. The number of anilines is 1. The predicted molar refractivity (Wildman–Crippen MR) is 92.9 cm³/mol. The van der Waals surface area contributed by atoms with Crippen LogP contribution in [-0.2, 0) is 0 Å². The summed E-state index contributed by atoms with van der Waals surface area (Å²) in [6.07, 6.45) is 7.69. The number of nitrogens with one attached hydrogen (secondary N) is 2. The Morgan fingerprint density at radius 2 is 2.00 bits per heavy atom. The van der Waals surface area contributed by atoms with E-state index in [9.17, 15) is 0 Å². The number of rotatable bonds is 3. The van der Waals surface area contributed by atoms with Gasteiger partial charge in [-0.25, -0.2) is 9.67 Å². The summed E-state index contributed by atoms with van der Waals surface area (Å²) in [5.74, 6) is 0. The molecule has 0 saturated carbocycles. The summed E-state index contributed by atoms with van der Waals surface area (Å²) in [5.41, 5.74) is 6.33. The molecule has 3 heterocycles. The number of hydrogen-bond donors (Lipinski definition) is 2. The number of aromatic amines is 1. The van der Waals surface area contributed by atoms with Crippen LogP contribution >= 0.6 is 0 Å². The van der Waals surface area contributed by atoms with Crippen molar-refractivity contribution in [1.82, 2.24) is 19.7 Å². The Labute approximate surface area is 134 Å². The van der Waals surface area contributed by atoms with E-state index in [2.05, 4.69) is 51.6 Å². The molecule has 2 N–H and O–H groups in total. The second-order valence-electron chi connectivity index (χ2n) is 5.56. The largest absolute Gasteiger partial charge is 0.388 e. The third-order valence-electron chi connectivity index (χ3n) is 4.06. The van der Waals surface area contributed by atoms with Crippen molar-refractivity contribution >= 4 is 16.7 Å². The quantitative estimate of drug-likeness (QED) is 0.606. The highest BCUT2D eigenvalue weighted by atomic mass is 15.3. The summed E-state index contributed by atoms with van der Waals surface area (Å²) >= 11 is 0. The Bertz CT molecular complexity index is 980. The molecule has 0 bridgehead atoms. The first-order chi connectivity index (χ1) is 11.2. The van der Waals surface area contributed by atoms with E-state index in [4.69, 9.17) is 0 Å². The van der Waals surface area contributed by atoms with E-state index in [1.54, 1.807) is 0 Å². The topological polar surface area (TPSA) is 58.5 Å². The van der Waals surface area contributed by atoms with Crippen LogP contribution in [0.4, 0.5) is 5.69 Å². The number of hydrogen-bond acceptors (Lipinski definition) is 3. The second-order valence-corrected chi connectivity index (χ2v) is 5.56. The number of benzene rings is 1. The number of nitrogens with zero attached hydrogens (tertiary/aromatic N) is 3. The Kier molecular flexibility index (Phi) is 3.12. The summed E-state index contributed by atoms with van der Waals surface area (Å²) in [4.78, 5) is 7.55. The van der Waals surface area contributed by atoms with Crippen molar-refractivity contribution < 1.29 is 0 Å². The standard InChI is InChI=1S/C18H17N5/c1-12-3-4-16(19-2)8-17(12)23-11-15(10-22-23)14-7-13-5-6-20-18(13)21-9-14/h3-11,19H,1-2H3,(H,20,21). The first-order valence-corrected chi connectivity index (χ1v) is 7.51. The van der Waals surface area contributed by atoms with Crippen LogP contribution in [0.2, 0.25) is 0 Å². The van der Waals surface area contributed by atoms with Crippen LogP contribution in [0.5, 0.6) is 0 Å². The van der Waals surface area contributed by atoms with Crippen molar-refractivity contribution in [3.05, 3.63) is 60.7 Å². The Hall–Kier alpha value is -3.08. The molecule has 4 aromatic rings. The minimum Gasteiger partial charge on any atom is -0.388 e. The first-order valence-electron chi connectivity index (χ1n) is 7.51. The lowest BCUT2D eigenvalue weighted by molar-refractivity contribution is 0.873. The third kappa shape index (κ3) is 2.36.